The second-order valence-electron chi connectivity index (χ2n) is 0.740. The van der Waals surface area contributed by atoms with E-state index in [-0.39, 0.29) is 0 Å². The molecule has 0 aromatic rings. The van der Waals surface area contributed by atoms with Crippen molar-refractivity contribution in [1.82, 2.24) is 0 Å². The molecule has 0 aliphatic carbocycles. The summed E-state index contributed by atoms with van der Waals surface area (Å²) in [5.74, 6) is 0. The fourth-order valence-electron chi connectivity index (χ4n) is 0.0991. The van der Waals surface area contributed by atoms with Gasteiger partial charge in [0.1, 0.15) is 0 Å². The number of rotatable bonds is 2. The van der Waals surface area contributed by atoms with Gasteiger partial charge in [0.15, 0.2) is 0 Å². The molecule has 0 saturated heterocycles. The Morgan fingerprint density at radius 3 is 1.43 bits per heavy atom. The van der Waals surface area contributed by atoms with E-state index < -0.39 is 28.8 Å². The standard InChI is InChI=1S/C2H4N2O2Te/c3-1(5)7-2(4)6/h(H2,3,5)(H2,4,6). The van der Waals surface area contributed by atoms with Crippen molar-refractivity contribution in [3.8, 4) is 0 Å². The number of hydrogen-bond acceptors (Lipinski definition) is 2. The number of hydrogen-bond donors (Lipinski definition) is 2. The first-order chi connectivity index (χ1) is 3.13. The summed E-state index contributed by atoms with van der Waals surface area (Å²) in [6.45, 7) is 0. The van der Waals surface area contributed by atoms with Crippen LogP contribution in [-0.4, -0.2) is 28.8 Å². The fourth-order valence-corrected chi connectivity index (χ4v) is 0.665. The molecule has 0 bridgehead atoms. The van der Waals surface area contributed by atoms with Crippen LogP contribution in [0.25, 0.3) is 0 Å². The Bertz CT molecular complexity index is 89.9. The maximum atomic E-state index is 9.79. The average Bonchev–Trinajstić information content (AvgIpc) is 1.27. The summed E-state index contributed by atoms with van der Waals surface area (Å²) in [5, 5.41) is 0. The molecule has 0 fully saturated rings. The van der Waals surface area contributed by atoms with E-state index in [0.29, 0.717) is 0 Å². The molecule has 5 heteroatoms. The van der Waals surface area contributed by atoms with Gasteiger partial charge in [-0.15, -0.1) is 0 Å². The fraction of sp³-hybridized carbons (Fsp3) is 0. The van der Waals surface area contributed by atoms with E-state index in [1.807, 2.05) is 0 Å². The molecular weight excluding hydrogens is 212 g/mol. The van der Waals surface area contributed by atoms with Gasteiger partial charge in [0.2, 0.25) is 0 Å². The molecule has 0 atom stereocenters. The molecular formula is C2H4N2O2Te. The van der Waals surface area contributed by atoms with Crippen LogP contribution in [0.5, 0.6) is 0 Å². The number of carbonyl (C=O) groups excluding carboxylic acids is 2. The molecule has 0 aliphatic rings. The summed E-state index contributed by atoms with van der Waals surface area (Å²) >= 11 is -1.37. The number of primary amides is 2. The zero-order valence-electron chi connectivity index (χ0n) is 3.38. The Kier molecular flexibility index (Phi) is 2.72. The van der Waals surface area contributed by atoms with Gasteiger partial charge >= 0.3 is 49.9 Å². The predicted octanol–water partition coefficient (Wildman–Crippen LogP) is -1.15. The molecule has 40 valence electrons. The van der Waals surface area contributed by atoms with Gasteiger partial charge in [-0.3, -0.25) is 0 Å². The first-order valence-corrected chi connectivity index (χ1v) is 3.72. The first-order valence-electron chi connectivity index (χ1n) is 1.39. The molecule has 0 rings (SSSR count). The third kappa shape index (κ3) is 5.73. The van der Waals surface area contributed by atoms with Crippen molar-refractivity contribution in [2.24, 2.45) is 11.5 Å². The quantitative estimate of drug-likeness (QED) is 0.570. The molecule has 7 heavy (non-hydrogen) atoms. The van der Waals surface area contributed by atoms with Crippen LogP contribution in [0.3, 0.4) is 0 Å². The third-order valence-electron chi connectivity index (χ3n) is 0.201. The topological polar surface area (TPSA) is 86.2 Å². The van der Waals surface area contributed by atoms with Crippen molar-refractivity contribution in [1.29, 1.82) is 0 Å². The summed E-state index contributed by atoms with van der Waals surface area (Å²) in [4.78, 5) is 19.6. The van der Waals surface area contributed by atoms with E-state index in [1.165, 1.54) is 0 Å². The zero-order chi connectivity index (χ0) is 5.86. The van der Waals surface area contributed by atoms with Gasteiger partial charge in [0.05, 0.1) is 0 Å². The summed E-state index contributed by atoms with van der Waals surface area (Å²) in [6.07, 6.45) is 0. The first kappa shape index (κ1) is 6.73. The van der Waals surface area contributed by atoms with E-state index in [1.54, 1.807) is 0 Å². The van der Waals surface area contributed by atoms with Gasteiger partial charge < -0.3 is 0 Å². The van der Waals surface area contributed by atoms with Crippen LogP contribution >= 0.6 is 0 Å². The van der Waals surface area contributed by atoms with Crippen LogP contribution in [0.1, 0.15) is 0 Å². The predicted molar refractivity (Wildman–Crippen MR) is 24.9 cm³/mol. The summed E-state index contributed by atoms with van der Waals surface area (Å²) in [5.41, 5.74) is 9.22. The van der Waals surface area contributed by atoms with Gasteiger partial charge in [-0.2, -0.15) is 0 Å². The van der Waals surface area contributed by atoms with Crippen molar-refractivity contribution < 1.29 is 9.59 Å². The monoisotopic (exact) mass is 218 g/mol. The molecule has 0 heterocycles. The third-order valence-corrected chi connectivity index (χ3v) is 1.35. The molecule has 0 aromatic heterocycles. The van der Waals surface area contributed by atoms with E-state index in [4.69, 9.17) is 0 Å². The SMILES string of the molecule is NC(=O)[Te]C(N)=O. The molecule has 0 radical (unpaired) electrons. The normalized spacial score (nSPS) is 8.00. The van der Waals surface area contributed by atoms with Crippen LogP contribution in [0.2, 0.25) is 0 Å². The van der Waals surface area contributed by atoms with E-state index in [9.17, 15) is 9.59 Å². The summed E-state index contributed by atoms with van der Waals surface area (Å²) in [7, 11) is 0. The molecule has 0 saturated carbocycles. The van der Waals surface area contributed by atoms with Crippen LogP contribution in [-0.2, 0) is 0 Å². The minimum atomic E-state index is -1.37. The summed E-state index contributed by atoms with van der Waals surface area (Å²) in [6, 6.07) is 0. The van der Waals surface area contributed by atoms with Crippen LogP contribution in [0.4, 0.5) is 9.59 Å². The van der Waals surface area contributed by atoms with Gasteiger partial charge in [0, 0.05) is 0 Å². The number of carbonyl (C=O) groups is 2. The maximum absolute atomic E-state index is 9.79. The van der Waals surface area contributed by atoms with Crippen LogP contribution in [0, 0.1) is 0 Å². The Hall–Kier alpha value is -0.270. The van der Waals surface area contributed by atoms with E-state index >= 15 is 0 Å². The van der Waals surface area contributed by atoms with Gasteiger partial charge in [-0.05, 0) is 0 Å². The molecule has 0 aromatic carbocycles. The molecule has 0 unspecified atom stereocenters. The van der Waals surface area contributed by atoms with E-state index in [0.717, 1.165) is 0 Å². The Morgan fingerprint density at radius 2 is 1.43 bits per heavy atom. The van der Waals surface area contributed by atoms with Crippen molar-refractivity contribution in [3.63, 3.8) is 0 Å². The molecule has 2 amide bonds. The van der Waals surface area contributed by atoms with Gasteiger partial charge in [-0.1, -0.05) is 0 Å². The Balaban J connectivity index is 3.32. The van der Waals surface area contributed by atoms with Crippen LogP contribution < -0.4 is 11.5 Å². The number of amides is 2. The van der Waals surface area contributed by atoms with Gasteiger partial charge in [-0.25, -0.2) is 0 Å². The second kappa shape index (κ2) is 2.83. The minimum absolute atomic E-state index is 0.557. The Labute approximate surface area is 50.3 Å². The molecule has 0 spiro atoms. The van der Waals surface area contributed by atoms with Crippen LogP contribution in [0.15, 0.2) is 0 Å². The zero-order valence-corrected chi connectivity index (χ0v) is 5.71. The summed E-state index contributed by atoms with van der Waals surface area (Å²) < 4.78 is -1.11. The number of nitrogens with two attached hydrogens (primary N) is 2. The van der Waals surface area contributed by atoms with Gasteiger partial charge in [0.25, 0.3) is 0 Å². The average molecular weight is 216 g/mol. The van der Waals surface area contributed by atoms with Crippen molar-refractivity contribution in [2.45, 2.75) is 0 Å². The Morgan fingerprint density at radius 1 is 1.14 bits per heavy atom. The molecule has 4 N–H and O–H groups in total. The van der Waals surface area contributed by atoms with Crippen molar-refractivity contribution in [3.05, 3.63) is 0 Å². The molecule has 4 nitrogen and oxygen atoms in total. The second-order valence-corrected chi connectivity index (χ2v) is 3.62. The van der Waals surface area contributed by atoms with Crippen molar-refractivity contribution >= 4 is 28.8 Å². The molecule has 0 aliphatic heterocycles. The van der Waals surface area contributed by atoms with E-state index in [2.05, 4.69) is 11.5 Å². The van der Waals surface area contributed by atoms with Crippen molar-refractivity contribution in [2.75, 3.05) is 0 Å².